The van der Waals surface area contributed by atoms with Crippen LogP contribution in [-0.2, 0) is 4.79 Å². The standard InChI is InChI=1S/C16H7BrO2/c17-12-7-10-4-3-8-1-2-9-5-6-11(14(10)13(8)9)15(18)16(12)19/h1-7H. The second-order valence-electron chi connectivity index (χ2n) is 4.68. The van der Waals surface area contributed by atoms with Crippen molar-refractivity contribution in [2.45, 2.75) is 0 Å². The summed E-state index contributed by atoms with van der Waals surface area (Å²) in [5.74, 6) is -0.934. The van der Waals surface area contributed by atoms with Crippen molar-refractivity contribution in [3.63, 3.8) is 0 Å². The van der Waals surface area contributed by atoms with Crippen molar-refractivity contribution >= 4 is 56.5 Å². The van der Waals surface area contributed by atoms with Crippen LogP contribution in [0.5, 0.6) is 0 Å². The number of carbonyl (C=O) groups is 2. The number of hydrogen-bond acceptors (Lipinski definition) is 2. The van der Waals surface area contributed by atoms with Gasteiger partial charge in [0.15, 0.2) is 0 Å². The van der Waals surface area contributed by atoms with Crippen molar-refractivity contribution in [2.24, 2.45) is 0 Å². The van der Waals surface area contributed by atoms with E-state index in [1.54, 1.807) is 12.1 Å². The van der Waals surface area contributed by atoms with Gasteiger partial charge in [-0.1, -0.05) is 30.4 Å². The quantitative estimate of drug-likeness (QED) is 0.591. The molecular weight excluding hydrogens is 304 g/mol. The highest BCUT2D eigenvalue weighted by molar-refractivity contribution is 9.12. The number of carbonyl (C=O) groups excluding carboxylic acids is 2. The molecule has 0 aliphatic heterocycles. The highest BCUT2D eigenvalue weighted by Crippen LogP contribution is 2.38. The zero-order chi connectivity index (χ0) is 13.1. The molecule has 2 nitrogen and oxygen atoms in total. The Morgan fingerprint density at radius 1 is 0.737 bits per heavy atom. The Morgan fingerprint density at radius 2 is 1.37 bits per heavy atom. The second-order valence-corrected chi connectivity index (χ2v) is 5.53. The summed E-state index contributed by atoms with van der Waals surface area (Å²) in [4.78, 5) is 24.2. The third-order valence-corrected chi connectivity index (χ3v) is 4.24. The lowest BCUT2D eigenvalue weighted by Crippen LogP contribution is -2.13. The maximum absolute atomic E-state index is 12.2. The maximum Gasteiger partial charge on any atom is 0.240 e. The minimum absolute atomic E-state index is 0.316. The van der Waals surface area contributed by atoms with Gasteiger partial charge in [-0.25, -0.2) is 0 Å². The molecule has 0 saturated heterocycles. The number of Topliss-reactive ketones (excluding diaryl/α,β-unsaturated/α-hetero) is 2. The summed E-state index contributed by atoms with van der Waals surface area (Å²) >= 11 is 3.20. The largest absolute Gasteiger partial charge is 0.285 e. The summed E-state index contributed by atoms with van der Waals surface area (Å²) in [7, 11) is 0. The SMILES string of the molecule is O=C1C(=O)c2ccc3c4c(ccc(c24)C=C1Br)C=C3. The van der Waals surface area contributed by atoms with Crippen molar-refractivity contribution in [1.82, 2.24) is 0 Å². The fourth-order valence-corrected chi connectivity index (χ4v) is 3.20. The summed E-state index contributed by atoms with van der Waals surface area (Å²) in [6.07, 6.45) is 5.81. The lowest BCUT2D eigenvalue weighted by atomic mass is 9.94. The van der Waals surface area contributed by atoms with Crippen LogP contribution in [0.25, 0.3) is 29.0 Å². The summed E-state index contributed by atoms with van der Waals surface area (Å²) in [5, 5.41) is 1.95. The fraction of sp³-hybridized carbons (Fsp3) is 0. The van der Waals surface area contributed by atoms with Crippen molar-refractivity contribution < 1.29 is 9.59 Å². The third kappa shape index (κ3) is 1.31. The van der Waals surface area contributed by atoms with Crippen molar-refractivity contribution in [3.05, 3.63) is 51.0 Å². The van der Waals surface area contributed by atoms with E-state index in [2.05, 4.69) is 15.9 Å². The van der Waals surface area contributed by atoms with E-state index in [0.717, 1.165) is 27.5 Å². The zero-order valence-electron chi connectivity index (χ0n) is 9.74. The van der Waals surface area contributed by atoms with Crippen LogP contribution in [-0.4, -0.2) is 11.6 Å². The van der Waals surface area contributed by atoms with E-state index < -0.39 is 11.6 Å². The molecule has 2 aromatic carbocycles. The van der Waals surface area contributed by atoms with Gasteiger partial charge in [0.05, 0.1) is 4.48 Å². The average molecular weight is 311 g/mol. The maximum atomic E-state index is 12.2. The molecule has 0 unspecified atom stereocenters. The van der Waals surface area contributed by atoms with Crippen molar-refractivity contribution in [1.29, 1.82) is 0 Å². The van der Waals surface area contributed by atoms with Crippen LogP contribution in [0.2, 0.25) is 0 Å². The Bertz CT molecular complexity index is 844. The molecule has 0 amide bonds. The molecule has 0 heterocycles. The molecule has 2 aliphatic carbocycles. The molecule has 3 heteroatoms. The molecule has 90 valence electrons. The number of halogens is 1. The summed E-state index contributed by atoms with van der Waals surface area (Å²) < 4.78 is 0.316. The first kappa shape index (κ1) is 10.9. The van der Waals surface area contributed by atoms with Crippen LogP contribution in [0.4, 0.5) is 0 Å². The van der Waals surface area contributed by atoms with Gasteiger partial charge in [0.25, 0.3) is 0 Å². The van der Waals surface area contributed by atoms with E-state index in [0.29, 0.717) is 10.0 Å². The average Bonchev–Trinajstić information content (AvgIpc) is 2.81. The molecule has 0 N–H and O–H groups in total. The minimum atomic E-state index is -0.487. The van der Waals surface area contributed by atoms with E-state index in [4.69, 9.17) is 0 Å². The lowest BCUT2D eigenvalue weighted by molar-refractivity contribution is -0.111. The monoisotopic (exact) mass is 310 g/mol. The van der Waals surface area contributed by atoms with E-state index in [1.807, 2.05) is 30.4 Å². The number of rotatable bonds is 0. The second kappa shape index (κ2) is 3.52. The van der Waals surface area contributed by atoms with Gasteiger partial charge in [0.2, 0.25) is 11.6 Å². The van der Waals surface area contributed by atoms with Crippen LogP contribution in [0.1, 0.15) is 27.0 Å². The van der Waals surface area contributed by atoms with Gasteiger partial charge in [-0.05, 0) is 50.1 Å². The minimum Gasteiger partial charge on any atom is -0.285 e. The van der Waals surface area contributed by atoms with Gasteiger partial charge < -0.3 is 0 Å². The fourth-order valence-electron chi connectivity index (χ4n) is 2.78. The third-order valence-electron chi connectivity index (χ3n) is 3.65. The molecular formula is C16H7BrO2. The van der Waals surface area contributed by atoms with Crippen LogP contribution >= 0.6 is 15.9 Å². The number of hydrogen-bond donors (Lipinski definition) is 0. The Kier molecular flexibility index (Phi) is 2.01. The van der Waals surface area contributed by atoms with Gasteiger partial charge >= 0.3 is 0 Å². The molecule has 4 rings (SSSR count). The number of allylic oxidation sites excluding steroid dienone is 1. The molecule has 0 radical (unpaired) electrons. The summed E-state index contributed by atoms with van der Waals surface area (Å²) in [5.41, 5.74) is 3.60. The van der Waals surface area contributed by atoms with Crippen LogP contribution in [0.3, 0.4) is 0 Å². The molecule has 2 aliphatic rings. The Labute approximate surface area is 117 Å². The highest BCUT2D eigenvalue weighted by atomic mass is 79.9. The van der Waals surface area contributed by atoms with Crippen LogP contribution < -0.4 is 0 Å². The van der Waals surface area contributed by atoms with E-state index in [-0.39, 0.29) is 0 Å². The first-order valence-electron chi connectivity index (χ1n) is 5.91. The molecule has 0 aromatic heterocycles. The molecule has 0 spiro atoms. The normalized spacial score (nSPS) is 15.9. The first-order valence-corrected chi connectivity index (χ1v) is 6.70. The summed E-state index contributed by atoms with van der Waals surface area (Å²) in [6.45, 7) is 0. The molecule has 0 saturated carbocycles. The van der Waals surface area contributed by atoms with Crippen molar-refractivity contribution in [2.75, 3.05) is 0 Å². The number of benzene rings is 2. The van der Waals surface area contributed by atoms with Gasteiger partial charge in [-0.2, -0.15) is 0 Å². The van der Waals surface area contributed by atoms with E-state index >= 15 is 0 Å². The van der Waals surface area contributed by atoms with Gasteiger partial charge in [-0.15, -0.1) is 0 Å². The van der Waals surface area contributed by atoms with Gasteiger partial charge in [-0.3, -0.25) is 9.59 Å². The van der Waals surface area contributed by atoms with Gasteiger partial charge in [0, 0.05) is 10.9 Å². The topological polar surface area (TPSA) is 34.1 Å². The highest BCUT2D eigenvalue weighted by Gasteiger charge is 2.27. The zero-order valence-corrected chi connectivity index (χ0v) is 11.3. The Hall–Kier alpha value is -2.00. The van der Waals surface area contributed by atoms with Crippen molar-refractivity contribution in [3.8, 4) is 0 Å². The molecule has 19 heavy (non-hydrogen) atoms. The van der Waals surface area contributed by atoms with Gasteiger partial charge in [0.1, 0.15) is 0 Å². The molecule has 0 bridgehead atoms. The molecule has 2 aromatic rings. The first-order chi connectivity index (χ1) is 9.16. The van der Waals surface area contributed by atoms with E-state index in [9.17, 15) is 9.59 Å². The smallest absolute Gasteiger partial charge is 0.240 e. The summed E-state index contributed by atoms with van der Waals surface area (Å²) in [6, 6.07) is 7.62. The Balaban J connectivity index is 2.27. The molecule has 0 atom stereocenters. The van der Waals surface area contributed by atoms with E-state index in [1.165, 1.54) is 0 Å². The van der Waals surface area contributed by atoms with Crippen LogP contribution in [0, 0.1) is 0 Å². The predicted octanol–water partition coefficient (Wildman–Crippen LogP) is 3.82. The van der Waals surface area contributed by atoms with Crippen LogP contribution in [0.15, 0.2) is 28.7 Å². The molecule has 0 fully saturated rings. The lowest BCUT2D eigenvalue weighted by Gasteiger charge is -2.08. The predicted molar refractivity (Wildman–Crippen MR) is 79.1 cm³/mol. The Morgan fingerprint density at radius 3 is 2.11 bits per heavy atom. The number of ketones is 2.